The lowest BCUT2D eigenvalue weighted by molar-refractivity contribution is 0.158. The molecule has 0 fully saturated rings. The van der Waals surface area contributed by atoms with Crippen LogP contribution in [0.2, 0.25) is 19.6 Å². The van der Waals surface area contributed by atoms with Gasteiger partial charge in [-0.3, -0.25) is 4.57 Å². The van der Waals surface area contributed by atoms with Crippen molar-refractivity contribution >= 4 is 15.9 Å². The largest absolute Gasteiger partial charge is 0.400 e. The fraction of sp³-hybridized carbons (Fsp3) is 0.571. The van der Waals surface area contributed by atoms with Gasteiger partial charge in [0.25, 0.3) is 0 Å². The highest BCUT2D eigenvalue weighted by atomic mass is 31.2. The summed E-state index contributed by atoms with van der Waals surface area (Å²) in [6.45, 7) is 10.5. The molecule has 0 aromatic heterocycles. The highest BCUT2D eigenvalue weighted by molar-refractivity contribution is 7.54. The van der Waals surface area contributed by atoms with Crippen LogP contribution in [0.5, 0.6) is 0 Å². The molecule has 1 atom stereocenters. The van der Waals surface area contributed by atoms with E-state index < -0.39 is 21.8 Å². The SMILES string of the molecule is CCOP(=O)(OCC)C(O[Si](C)(C)C)c1ccccc1. The van der Waals surface area contributed by atoms with Gasteiger partial charge in [0.15, 0.2) is 14.2 Å². The minimum Gasteiger partial charge on any atom is -0.400 e. The summed E-state index contributed by atoms with van der Waals surface area (Å²) in [5.41, 5.74) is 0.833. The molecule has 0 saturated heterocycles. The third kappa shape index (κ3) is 5.15. The highest BCUT2D eigenvalue weighted by Gasteiger charge is 2.40. The van der Waals surface area contributed by atoms with Gasteiger partial charge in [-0.05, 0) is 39.1 Å². The maximum absolute atomic E-state index is 13.0. The minimum atomic E-state index is -3.34. The van der Waals surface area contributed by atoms with Crippen molar-refractivity contribution in [2.45, 2.75) is 39.3 Å². The topological polar surface area (TPSA) is 44.8 Å². The molecule has 0 radical (unpaired) electrons. The number of hydrogen-bond donors (Lipinski definition) is 0. The van der Waals surface area contributed by atoms with Crippen molar-refractivity contribution in [3.8, 4) is 0 Å². The van der Waals surface area contributed by atoms with E-state index in [1.807, 2.05) is 44.2 Å². The first kappa shape index (κ1) is 17.6. The summed E-state index contributed by atoms with van der Waals surface area (Å²) >= 11 is 0. The van der Waals surface area contributed by atoms with E-state index in [-0.39, 0.29) is 0 Å². The lowest BCUT2D eigenvalue weighted by Crippen LogP contribution is -2.28. The van der Waals surface area contributed by atoms with Gasteiger partial charge in [-0.2, -0.15) is 0 Å². The molecule has 114 valence electrons. The van der Waals surface area contributed by atoms with Crippen LogP contribution in [0.1, 0.15) is 25.3 Å². The van der Waals surface area contributed by atoms with Crippen LogP contribution in [0.4, 0.5) is 0 Å². The lowest BCUT2D eigenvalue weighted by Gasteiger charge is -2.31. The van der Waals surface area contributed by atoms with E-state index in [2.05, 4.69) is 19.6 Å². The second-order valence-corrected chi connectivity index (χ2v) is 11.9. The average molecular weight is 316 g/mol. The van der Waals surface area contributed by atoms with E-state index in [1.54, 1.807) is 0 Å². The number of hydrogen-bond acceptors (Lipinski definition) is 4. The molecule has 4 nitrogen and oxygen atoms in total. The molecule has 0 amide bonds. The minimum absolute atomic E-state index is 0.329. The quantitative estimate of drug-likeness (QED) is 0.510. The summed E-state index contributed by atoms with van der Waals surface area (Å²) < 4.78 is 30.1. The van der Waals surface area contributed by atoms with E-state index in [1.165, 1.54) is 0 Å². The molecule has 1 rings (SSSR count). The van der Waals surface area contributed by atoms with Crippen molar-refractivity contribution in [1.82, 2.24) is 0 Å². The Hall–Kier alpha value is -0.453. The molecule has 0 aliphatic rings. The van der Waals surface area contributed by atoms with Crippen LogP contribution < -0.4 is 0 Å². The number of benzene rings is 1. The molecule has 1 unspecified atom stereocenters. The standard InChI is InChI=1S/C14H25O4PSi/c1-6-16-19(15,17-7-2)14(18-20(3,4)5)13-11-9-8-10-12-13/h8-12,14H,6-7H2,1-5H3. The normalized spacial score (nSPS) is 14.2. The first-order chi connectivity index (χ1) is 9.32. The van der Waals surface area contributed by atoms with Gasteiger partial charge in [0.1, 0.15) is 0 Å². The smallest absolute Gasteiger partial charge is 0.362 e. The zero-order chi connectivity index (χ0) is 15.2. The Bertz CT molecular complexity index is 434. The molecule has 1 aromatic rings. The molecule has 0 N–H and O–H groups in total. The maximum atomic E-state index is 13.0. The van der Waals surface area contributed by atoms with Crippen molar-refractivity contribution in [3.05, 3.63) is 35.9 Å². The fourth-order valence-corrected chi connectivity index (χ4v) is 5.67. The summed E-state index contributed by atoms with van der Waals surface area (Å²) in [5.74, 6) is -0.657. The second-order valence-electron chi connectivity index (χ2n) is 5.37. The van der Waals surface area contributed by atoms with Gasteiger partial charge < -0.3 is 13.5 Å². The van der Waals surface area contributed by atoms with Gasteiger partial charge in [-0.25, -0.2) is 0 Å². The summed E-state index contributed by atoms with van der Waals surface area (Å²) in [7, 11) is -5.24. The summed E-state index contributed by atoms with van der Waals surface area (Å²) in [5, 5.41) is 0. The van der Waals surface area contributed by atoms with Crippen molar-refractivity contribution in [3.63, 3.8) is 0 Å². The van der Waals surface area contributed by atoms with Gasteiger partial charge in [-0.15, -0.1) is 0 Å². The van der Waals surface area contributed by atoms with Crippen LogP contribution in [0.3, 0.4) is 0 Å². The molecular formula is C14H25O4PSi. The maximum Gasteiger partial charge on any atom is 0.362 e. The zero-order valence-corrected chi connectivity index (χ0v) is 14.9. The Balaban J connectivity index is 3.18. The van der Waals surface area contributed by atoms with Crippen LogP contribution in [-0.2, 0) is 18.0 Å². The van der Waals surface area contributed by atoms with Gasteiger partial charge >= 0.3 is 7.60 Å². The predicted octanol–water partition coefficient (Wildman–Crippen LogP) is 4.80. The van der Waals surface area contributed by atoms with E-state index in [4.69, 9.17) is 13.5 Å². The van der Waals surface area contributed by atoms with E-state index in [0.717, 1.165) is 5.56 Å². The third-order valence-electron chi connectivity index (χ3n) is 2.46. The summed E-state index contributed by atoms with van der Waals surface area (Å²) in [6.07, 6.45) is 0. The molecule has 0 heterocycles. The Kier molecular flexibility index (Phi) is 6.62. The van der Waals surface area contributed by atoms with Gasteiger partial charge in [0, 0.05) is 0 Å². The molecule has 0 aliphatic heterocycles. The van der Waals surface area contributed by atoms with Crippen molar-refractivity contribution in [2.75, 3.05) is 13.2 Å². The monoisotopic (exact) mass is 316 g/mol. The van der Waals surface area contributed by atoms with Crippen LogP contribution in [-0.4, -0.2) is 21.5 Å². The lowest BCUT2D eigenvalue weighted by atomic mass is 10.2. The number of rotatable bonds is 8. The Morgan fingerprint density at radius 2 is 1.55 bits per heavy atom. The van der Waals surface area contributed by atoms with Crippen molar-refractivity contribution < 1.29 is 18.0 Å². The zero-order valence-electron chi connectivity index (χ0n) is 13.0. The Morgan fingerprint density at radius 1 is 1.05 bits per heavy atom. The molecule has 0 saturated carbocycles. The second kappa shape index (κ2) is 7.53. The highest BCUT2D eigenvalue weighted by Crippen LogP contribution is 2.62. The average Bonchev–Trinajstić information content (AvgIpc) is 2.36. The fourth-order valence-electron chi connectivity index (χ4n) is 1.80. The van der Waals surface area contributed by atoms with Crippen molar-refractivity contribution in [1.29, 1.82) is 0 Å². The van der Waals surface area contributed by atoms with E-state index in [9.17, 15) is 4.57 Å². The first-order valence-corrected chi connectivity index (χ1v) is 12.0. The van der Waals surface area contributed by atoms with Gasteiger partial charge in [-0.1, -0.05) is 30.3 Å². The van der Waals surface area contributed by atoms with E-state index in [0.29, 0.717) is 13.2 Å². The summed E-state index contributed by atoms with van der Waals surface area (Å²) in [4.78, 5) is 0. The van der Waals surface area contributed by atoms with E-state index >= 15 is 0 Å². The first-order valence-electron chi connectivity index (χ1n) is 6.94. The molecule has 6 heteroatoms. The predicted molar refractivity (Wildman–Crippen MR) is 84.5 cm³/mol. The molecular weight excluding hydrogens is 291 g/mol. The van der Waals surface area contributed by atoms with Crippen LogP contribution >= 0.6 is 7.60 Å². The molecule has 0 spiro atoms. The molecule has 0 aliphatic carbocycles. The van der Waals surface area contributed by atoms with Gasteiger partial charge in [0.2, 0.25) is 0 Å². The van der Waals surface area contributed by atoms with Crippen molar-refractivity contribution in [2.24, 2.45) is 0 Å². The summed E-state index contributed by atoms with van der Waals surface area (Å²) in [6, 6.07) is 9.52. The Morgan fingerprint density at radius 3 is 1.95 bits per heavy atom. The van der Waals surface area contributed by atoms with Crippen LogP contribution in [0, 0.1) is 0 Å². The van der Waals surface area contributed by atoms with Crippen LogP contribution in [0.15, 0.2) is 30.3 Å². The molecule has 0 bridgehead atoms. The molecule has 1 aromatic carbocycles. The van der Waals surface area contributed by atoms with Gasteiger partial charge in [0.05, 0.1) is 13.2 Å². The molecule has 20 heavy (non-hydrogen) atoms. The third-order valence-corrected chi connectivity index (χ3v) is 5.81. The Labute approximate surface area is 123 Å². The van der Waals surface area contributed by atoms with Crippen LogP contribution in [0.25, 0.3) is 0 Å².